The van der Waals surface area contributed by atoms with Crippen LogP contribution in [0.2, 0.25) is 0 Å². The Bertz CT molecular complexity index is 643. The molecule has 2 aromatic rings. The maximum Gasteiger partial charge on any atom is 0.234 e. The third kappa shape index (κ3) is 7.70. The quantitative estimate of drug-likeness (QED) is 0.593. The molecule has 0 aliphatic rings. The molecule has 0 spiro atoms. The van der Waals surface area contributed by atoms with Crippen molar-refractivity contribution < 1.29 is 9.53 Å². The lowest BCUT2D eigenvalue weighted by Gasteiger charge is -2.17. The van der Waals surface area contributed by atoms with E-state index in [4.69, 9.17) is 4.74 Å². The van der Waals surface area contributed by atoms with Crippen LogP contribution in [-0.4, -0.2) is 47.1 Å². The predicted molar refractivity (Wildman–Crippen MR) is 103 cm³/mol. The molecule has 1 heterocycles. The molecule has 0 saturated heterocycles. The normalized spacial score (nSPS) is 10.9. The van der Waals surface area contributed by atoms with Gasteiger partial charge in [0, 0.05) is 32.0 Å². The Morgan fingerprint density at radius 1 is 1.35 bits per heavy atom. The summed E-state index contributed by atoms with van der Waals surface area (Å²) in [5.74, 6) is 0.946. The Hall–Kier alpha value is -2.34. The molecule has 0 aliphatic carbocycles. The third-order valence-corrected chi connectivity index (χ3v) is 4.01. The molecule has 0 atom stereocenters. The zero-order chi connectivity index (χ0) is 18.6. The van der Waals surface area contributed by atoms with Gasteiger partial charge in [0.05, 0.1) is 19.5 Å². The molecule has 6 nitrogen and oxygen atoms in total. The first kappa shape index (κ1) is 20.0. The average molecular weight is 358 g/mol. The molecule has 26 heavy (non-hydrogen) atoms. The second-order valence-electron chi connectivity index (χ2n) is 6.53. The summed E-state index contributed by atoms with van der Waals surface area (Å²) in [7, 11) is 1.96. The number of nitrogens with one attached hydrogen (secondary N) is 1. The zero-order valence-electron chi connectivity index (χ0n) is 15.9. The van der Waals surface area contributed by atoms with E-state index in [1.165, 1.54) is 0 Å². The lowest BCUT2D eigenvalue weighted by molar-refractivity contribution is -0.122. The summed E-state index contributed by atoms with van der Waals surface area (Å²) in [6.45, 7) is 5.55. The van der Waals surface area contributed by atoms with Gasteiger partial charge in [0.1, 0.15) is 5.75 Å². The fourth-order valence-electron chi connectivity index (χ4n) is 2.66. The Balaban J connectivity index is 1.70. The molecular weight excluding hydrogens is 328 g/mol. The largest absolute Gasteiger partial charge is 0.494 e. The molecule has 6 heteroatoms. The van der Waals surface area contributed by atoms with Crippen LogP contribution in [-0.2, 0) is 17.9 Å². The van der Waals surface area contributed by atoms with E-state index in [0.717, 1.165) is 43.7 Å². The Morgan fingerprint density at radius 2 is 2.23 bits per heavy atom. The van der Waals surface area contributed by atoms with Gasteiger partial charge in [0.15, 0.2) is 0 Å². The van der Waals surface area contributed by atoms with Crippen LogP contribution < -0.4 is 10.1 Å². The number of imidazole rings is 1. The Morgan fingerprint density at radius 3 is 3.00 bits per heavy atom. The first-order valence-electron chi connectivity index (χ1n) is 9.30. The molecule has 1 N–H and O–H groups in total. The SMILES string of the molecule is CCCCNC(=O)CN(C)Cc1cccc(OCCCn2ccnc2)c1. The number of ether oxygens (including phenoxy) is 1. The van der Waals surface area contributed by atoms with Crippen molar-refractivity contribution in [1.82, 2.24) is 19.8 Å². The number of amides is 1. The molecule has 2 rings (SSSR count). The fourth-order valence-corrected chi connectivity index (χ4v) is 2.66. The van der Waals surface area contributed by atoms with Crippen molar-refractivity contribution in [1.29, 1.82) is 0 Å². The van der Waals surface area contributed by atoms with Gasteiger partial charge >= 0.3 is 0 Å². The average Bonchev–Trinajstić information content (AvgIpc) is 3.12. The van der Waals surface area contributed by atoms with E-state index in [0.29, 0.717) is 19.7 Å². The van der Waals surface area contributed by atoms with Crippen LogP contribution in [0.4, 0.5) is 0 Å². The van der Waals surface area contributed by atoms with Crippen LogP contribution in [0.25, 0.3) is 0 Å². The predicted octanol–water partition coefficient (Wildman–Crippen LogP) is 2.70. The lowest BCUT2D eigenvalue weighted by Crippen LogP contribution is -2.35. The highest BCUT2D eigenvalue weighted by atomic mass is 16.5. The van der Waals surface area contributed by atoms with Crippen LogP contribution in [0.3, 0.4) is 0 Å². The first-order valence-corrected chi connectivity index (χ1v) is 9.30. The van der Waals surface area contributed by atoms with E-state index >= 15 is 0 Å². The highest BCUT2D eigenvalue weighted by Crippen LogP contribution is 2.15. The lowest BCUT2D eigenvalue weighted by atomic mass is 10.2. The molecule has 0 unspecified atom stereocenters. The summed E-state index contributed by atoms with van der Waals surface area (Å²) in [5, 5.41) is 2.95. The molecule has 142 valence electrons. The van der Waals surface area contributed by atoms with Gasteiger partial charge in [-0.25, -0.2) is 4.98 Å². The minimum absolute atomic E-state index is 0.0767. The maximum absolute atomic E-state index is 11.9. The molecule has 1 amide bonds. The number of nitrogens with zero attached hydrogens (tertiary/aromatic N) is 3. The van der Waals surface area contributed by atoms with Crippen LogP contribution in [0.15, 0.2) is 43.0 Å². The van der Waals surface area contributed by atoms with Crippen molar-refractivity contribution in [3.8, 4) is 5.75 Å². The second kappa shape index (κ2) is 11.3. The minimum Gasteiger partial charge on any atom is -0.494 e. The van der Waals surface area contributed by atoms with Gasteiger partial charge in [0.25, 0.3) is 0 Å². The summed E-state index contributed by atoms with van der Waals surface area (Å²) in [6, 6.07) is 8.07. The van der Waals surface area contributed by atoms with Crippen molar-refractivity contribution in [2.75, 3.05) is 26.7 Å². The van der Waals surface area contributed by atoms with E-state index in [9.17, 15) is 4.79 Å². The zero-order valence-corrected chi connectivity index (χ0v) is 15.9. The summed E-state index contributed by atoms with van der Waals surface area (Å²) in [5.41, 5.74) is 1.14. The summed E-state index contributed by atoms with van der Waals surface area (Å²) in [6.07, 6.45) is 8.59. The van der Waals surface area contributed by atoms with E-state index in [1.807, 2.05) is 47.2 Å². The number of carbonyl (C=O) groups is 1. The number of unbranched alkanes of at least 4 members (excludes halogenated alkanes) is 1. The van der Waals surface area contributed by atoms with Crippen LogP contribution >= 0.6 is 0 Å². The molecule has 0 radical (unpaired) electrons. The number of carbonyl (C=O) groups excluding carboxylic acids is 1. The summed E-state index contributed by atoms with van der Waals surface area (Å²) in [4.78, 5) is 17.9. The van der Waals surface area contributed by atoms with E-state index in [1.54, 1.807) is 6.20 Å². The van der Waals surface area contributed by atoms with E-state index in [-0.39, 0.29) is 5.91 Å². The van der Waals surface area contributed by atoms with Gasteiger partial charge in [0.2, 0.25) is 5.91 Å². The van der Waals surface area contributed by atoms with Crippen molar-refractivity contribution >= 4 is 5.91 Å². The van der Waals surface area contributed by atoms with Crippen molar-refractivity contribution in [3.05, 3.63) is 48.5 Å². The highest BCUT2D eigenvalue weighted by Gasteiger charge is 2.07. The summed E-state index contributed by atoms with van der Waals surface area (Å²) >= 11 is 0. The fraction of sp³-hybridized carbons (Fsp3) is 0.500. The van der Waals surface area contributed by atoms with Gasteiger partial charge < -0.3 is 14.6 Å². The standard InChI is InChI=1S/C20H30N4O2/c1-3-4-9-22-20(25)16-23(2)15-18-7-5-8-19(14-18)26-13-6-11-24-12-10-21-17-24/h5,7-8,10,12,14,17H,3-4,6,9,11,13,15-16H2,1-2H3,(H,22,25). The number of hydrogen-bond acceptors (Lipinski definition) is 4. The van der Waals surface area contributed by atoms with Crippen molar-refractivity contribution in [2.24, 2.45) is 0 Å². The third-order valence-electron chi connectivity index (χ3n) is 4.01. The molecule has 0 fully saturated rings. The van der Waals surface area contributed by atoms with Gasteiger partial charge in [-0.15, -0.1) is 0 Å². The molecule has 0 bridgehead atoms. The number of aromatic nitrogens is 2. The van der Waals surface area contributed by atoms with Gasteiger partial charge in [-0.3, -0.25) is 9.69 Å². The topological polar surface area (TPSA) is 59.4 Å². The number of rotatable bonds is 12. The number of likely N-dealkylation sites (N-methyl/N-ethyl adjacent to an activating group) is 1. The van der Waals surface area contributed by atoms with Gasteiger partial charge in [-0.05, 0) is 37.6 Å². The summed E-state index contributed by atoms with van der Waals surface area (Å²) < 4.78 is 7.88. The highest BCUT2D eigenvalue weighted by molar-refractivity contribution is 5.77. The molecule has 1 aromatic carbocycles. The molecule has 1 aromatic heterocycles. The van der Waals surface area contributed by atoms with E-state index in [2.05, 4.69) is 23.3 Å². The maximum atomic E-state index is 11.9. The van der Waals surface area contributed by atoms with Gasteiger partial charge in [-0.2, -0.15) is 0 Å². The molecule has 0 aliphatic heterocycles. The van der Waals surface area contributed by atoms with Crippen molar-refractivity contribution in [2.45, 2.75) is 39.3 Å². The second-order valence-corrected chi connectivity index (χ2v) is 6.53. The van der Waals surface area contributed by atoms with Crippen molar-refractivity contribution in [3.63, 3.8) is 0 Å². The van der Waals surface area contributed by atoms with Crippen LogP contribution in [0, 0.1) is 0 Å². The first-order chi connectivity index (χ1) is 12.7. The number of aryl methyl sites for hydroxylation is 1. The van der Waals surface area contributed by atoms with E-state index < -0.39 is 0 Å². The smallest absolute Gasteiger partial charge is 0.234 e. The minimum atomic E-state index is 0.0767. The Kier molecular flexibility index (Phi) is 8.69. The van der Waals surface area contributed by atoms with Crippen LogP contribution in [0.1, 0.15) is 31.7 Å². The Labute approximate surface area is 156 Å². The van der Waals surface area contributed by atoms with Crippen LogP contribution in [0.5, 0.6) is 5.75 Å². The number of benzene rings is 1. The molecule has 0 saturated carbocycles. The monoisotopic (exact) mass is 358 g/mol. The number of hydrogen-bond donors (Lipinski definition) is 1. The molecular formula is C20H30N4O2. The van der Waals surface area contributed by atoms with Gasteiger partial charge in [-0.1, -0.05) is 25.5 Å².